The number of carboxylic acid groups (broad SMARTS) is 1. The summed E-state index contributed by atoms with van der Waals surface area (Å²) in [6, 6.07) is 16.1. The molecule has 0 bridgehead atoms. The Bertz CT molecular complexity index is 706. The highest BCUT2D eigenvalue weighted by Crippen LogP contribution is 2.28. The second-order valence-electron chi connectivity index (χ2n) is 6.83. The Balaban J connectivity index is 1.65. The van der Waals surface area contributed by atoms with Gasteiger partial charge in [0.15, 0.2) is 0 Å². The molecule has 144 valence electrons. The smallest absolute Gasteiger partial charge is 0.307 e. The SMILES string of the molecule is O=C(O)C1CCCN(CCOC(c2ccc(Cl)cc2)c2ccc(I)cc2)C1. The van der Waals surface area contributed by atoms with E-state index >= 15 is 0 Å². The Morgan fingerprint density at radius 3 is 2.44 bits per heavy atom. The van der Waals surface area contributed by atoms with Crippen LogP contribution in [-0.4, -0.2) is 42.2 Å². The second-order valence-corrected chi connectivity index (χ2v) is 8.51. The van der Waals surface area contributed by atoms with E-state index in [-0.39, 0.29) is 12.0 Å². The maximum absolute atomic E-state index is 11.2. The monoisotopic (exact) mass is 499 g/mol. The first-order valence-electron chi connectivity index (χ1n) is 9.10. The maximum Gasteiger partial charge on any atom is 0.307 e. The van der Waals surface area contributed by atoms with Crippen molar-refractivity contribution in [2.24, 2.45) is 5.92 Å². The average molecular weight is 500 g/mol. The number of ether oxygens (including phenoxy) is 1. The molecular weight excluding hydrogens is 477 g/mol. The number of aliphatic carboxylic acids is 1. The maximum atomic E-state index is 11.2. The van der Waals surface area contributed by atoms with E-state index in [9.17, 15) is 9.90 Å². The summed E-state index contributed by atoms with van der Waals surface area (Å²) in [6.07, 6.45) is 1.52. The first kappa shape index (κ1) is 20.6. The number of carboxylic acids is 1. The summed E-state index contributed by atoms with van der Waals surface area (Å²) >= 11 is 8.32. The molecule has 2 unspecified atom stereocenters. The molecule has 3 rings (SSSR count). The number of carbonyl (C=O) groups is 1. The lowest BCUT2D eigenvalue weighted by Gasteiger charge is -2.31. The van der Waals surface area contributed by atoms with E-state index in [0.717, 1.165) is 37.1 Å². The van der Waals surface area contributed by atoms with Crippen molar-refractivity contribution in [3.05, 3.63) is 68.3 Å². The largest absolute Gasteiger partial charge is 0.481 e. The minimum Gasteiger partial charge on any atom is -0.481 e. The van der Waals surface area contributed by atoms with E-state index in [1.165, 1.54) is 3.57 Å². The highest BCUT2D eigenvalue weighted by molar-refractivity contribution is 14.1. The number of halogens is 2. The van der Waals surface area contributed by atoms with Gasteiger partial charge in [0.1, 0.15) is 6.10 Å². The summed E-state index contributed by atoms with van der Waals surface area (Å²) in [7, 11) is 0. The summed E-state index contributed by atoms with van der Waals surface area (Å²) < 4.78 is 7.44. The van der Waals surface area contributed by atoms with Gasteiger partial charge in [-0.2, -0.15) is 0 Å². The molecule has 0 aliphatic carbocycles. The number of benzene rings is 2. The second kappa shape index (κ2) is 9.87. The van der Waals surface area contributed by atoms with Gasteiger partial charge in [-0.05, 0) is 77.4 Å². The van der Waals surface area contributed by atoms with Gasteiger partial charge in [0.2, 0.25) is 0 Å². The fourth-order valence-electron chi connectivity index (χ4n) is 3.42. The van der Waals surface area contributed by atoms with Crippen LogP contribution >= 0.6 is 34.2 Å². The van der Waals surface area contributed by atoms with E-state index in [1.54, 1.807) is 0 Å². The van der Waals surface area contributed by atoms with Gasteiger partial charge in [-0.15, -0.1) is 0 Å². The normalized spacial score (nSPS) is 19.0. The van der Waals surface area contributed by atoms with Crippen molar-refractivity contribution < 1.29 is 14.6 Å². The summed E-state index contributed by atoms with van der Waals surface area (Å²) in [6.45, 7) is 2.82. The Labute approximate surface area is 178 Å². The van der Waals surface area contributed by atoms with Crippen LogP contribution in [0.2, 0.25) is 5.02 Å². The fourth-order valence-corrected chi connectivity index (χ4v) is 3.91. The van der Waals surface area contributed by atoms with Crippen molar-refractivity contribution in [3.63, 3.8) is 0 Å². The molecule has 1 fully saturated rings. The quantitative estimate of drug-likeness (QED) is 0.554. The van der Waals surface area contributed by atoms with Crippen molar-refractivity contribution in [1.29, 1.82) is 0 Å². The Kier molecular flexibility index (Phi) is 7.52. The van der Waals surface area contributed by atoms with Crippen molar-refractivity contribution in [1.82, 2.24) is 4.90 Å². The van der Waals surface area contributed by atoms with Crippen molar-refractivity contribution >= 4 is 40.2 Å². The summed E-state index contributed by atoms with van der Waals surface area (Å²) in [5, 5.41) is 9.94. The Hall–Kier alpha value is -1.15. The van der Waals surface area contributed by atoms with Crippen molar-refractivity contribution in [2.75, 3.05) is 26.2 Å². The van der Waals surface area contributed by atoms with E-state index in [1.807, 2.05) is 24.3 Å². The molecule has 2 aromatic carbocycles. The highest BCUT2D eigenvalue weighted by atomic mass is 127. The van der Waals surface area contributed by atoms with Crippen LogP contribution in [0.5, 0.6) is 0 Å². The third kappa shape index (κ3) is 5.91. The standard InChI is InChI=1S/C21H23ClINO3/c22-18-7-3-15(4-8-18)20(16-5-9-19(23)10-6-16)27-13-12-24-11-1-2-17(14-24)21(25)26/h3-10,17,20H,1-2,11-14H2,(H,25,26). The number of hydrogen-bond donors (Lipinski definition) is 1. The van der Waals surface area contributed by atoms with E-state index in [0.29, 0.717) is 18.2 Å². The topological polar surface area (TPSA) is 49.8 Å². The van der Waals surface area contributed by atoms with E-state index in [4.69, 9.17) is 16.3 Å². The average Bonchev–Trinajstić information content (AvgIpc) is 2.67. The van der Waals surface area contributed by atoms with Gasteiger partial charge in [0.05, 0.1) is 12.5 Å². The summed E-state index contributed by atoms with van der Waals surface area (Å²) in [4.78, 5) is 13.4. The molecule has 6 heteroatoms. The van der Waals surface area contributed by atoms with E-state index in [2.05, 4.69) is 51.8 Å². The molecule has 1 N–H and O–H groups in total. The zero-order valence-electron chi connectivity index (χ0n) is 15.0. The molecule has 2 atom stereocenters. The van der Waals surface area contributed by atoms with Crippen LogP contribution in [0.1, 0.15) is 30.1 Å². The van der Waals surface area contributed by atoms with Gasteiger partial charge in [-0.1, -0.05) is 35.9 Å². The van der Waals surface area contributed by atoms with Gasteiger partial charge in [0.25, 0.3) is 0 Å². The van der Waals surface area contributed by atoms with Gasteiger partial charge in [-0.3, -0.25) is 4.79 Å². The van der Waals surface area contributed by atoms with Crippen LogP contribution in [0.25, 0.3) is 0 Å². The third-order valence-corrected chi connectivity index (χ3v) is 5.86. The number of nitrogens with zero attached hydrogens (tertiary/aromatic N) is 1. The molecule has 1 aliphatic heterocycles. The van der Waals surface area contributed by atoms with Crippen LogP contribution in [0.4, 0.5) is 0 Å². The molecule has 1 heterocycles. The molecule has 27 heavy (non-hydrogen) atoms. The number of piperidine rings is 1. The molecule has 2 aromatic rings. The Morgan fingerprint density at radius 2 is 1.81 bits per heavy atom. The third-order valence-electron chi connectivity index (χ3n) is 4.89. The summed E-state index contributed by atoms with van der Waals surface area (Å²) in [5.74, 6) is -0.958. The van der Waals surface area contributed by atoms with Crippen LogP contribution in [0.15, 0.2) is 48.5 Å². The summed E-state index contributed by atoms with van der Waals surface area (Å²) in [5.41, 5.74) is 2.16. The highest BCUT2D eigenvalue weighted by Gasteiger charge is 2.25. The lowest BCUT2D eigenvalue weighted by atomic mass is 9.98. The van der Waals surface area contributed by atoms with Gasteiger partial charge in [0, 0.05) is 21.7 Å². The van der Waals surface area contributed by atoms with Crippen LogP contribution in [-0.2, 0) is 9.53 Å². The van der Waals surface area contributed by atoms with E-state index < -0.39 is 5.97 Å². The molecule has 0 saturated carbocycles. The molecule has 4 nitrogen and oxygen atoms in total. The molecule has 0 spiro atoms. The van der Waals surface area contributed by atoms with Gasteiger partial charge >= 0.3 is 5.97 Å². The molecule has 0 amide bonds. The van der Waals surface area contributed by atoms with Crippen LogP contribution in [0.3, 0.4) is 0 Å². The minimum atomic E-state index is -0.696. The number of hydrogen-bond acceptors (Lipinski definition) is 3. The van der Waals surface area contributed by atoms with Gasteiger partial charge < -0.3 is 14.7 Å². The lowest BCUT2D eigenvalue weighted by Crippen LogP contribution is -2.40. The first-order valence-corrected chi connectivity index (χ1v) is 10.6. The lowest BCUT2D eigenvalue weighted by molar-refractivity contribution is -0.143. The molecule has 1 aliphatic rings. The zero-order valence-corrected chi connectivity index (χ0v) is 17.9. The predicted octanol–water partition coefficient (Wildman–Crippen LogP) is 4.85. The van der Waals surface area contributed by atoms with Crippen LogP contribution in [0, 0.1) is 9.49 Å². The predicted molar refractivity (Wildman–Crippen MR) is 115 cm³/mol. The molecule has 1 saturated heterocycles. The number of rotatable bonds is 7. The minimum absolute atomic E-state index is 0.167. The molecule has 0 aromatic heterocycles. The molecule has 0 radical (unpaired) electrons. The van der Waals surface area contributed by atoms with Gasteiger partial charge in [-0.25, -0.2) is 0 Å². The fraction of sp³-hybridized carbons (Fsp3) is 0.381. The first-order chi connectivity index (χ1) is 13.0. The molecular formula is C21H23ClINO3. The number of likely N-dealkylation sites (tertiary alicyclic amines) is 1. The zero-order chi connectivity index (χ0) is 19.2. The Morgan fingerprint density at radius 1 is 1.19 bits per heavy atom. The van der Waals surface area contributed by atoms with Crippen LogP contribution < -0.4 is 0 Å². The van der Waals surface area contributed by atoms with Crippen molar-refractivity contribution in [3.8, 4) is 0 Å². The van der Waals surface area contributed by atoms with Crippen molar-refractivity contribution in [2.45, 2.75) is 18.9 Å².